The molecule has 1 rings (SSSR count). The van der Waals surface area contributed by atoms with Crippen LogP contribution >= 0.6 is 0 Å². The first kappa shape index (κ1) is 14.2. The average molecular weight is 249 g/mol. The van der Waals surface area contributed by atoms with Gasteiger partial charge in [0, 0.05) is 14.1 Å². The molecule has 1 aromatic carbocycles. The van der Waals surface area contributed by atoms with E-state index in [0.717, 1.165) is 0 Å². The molecule has 1 N–H and O–H groups in total. The Labute approximate surface area is 107 Å². The molecule has 0 radical (unpaired) electrons. The molecule has 0 unspecified atom stereocenters. The molecule has 0 fully saturated rings. The van der Waals surface area contributed by atoms with E-state index >= 15 is 0 Å². The zero-order chi connectivity index (χ0) is 14.1. The highest BCUT2D eigenvalue weighted by Crippen LogP contribution is 2.33. The minimum atomic E-state index is -0.691. The second-order valence-electron chi connectivity index (χ2n) is 5.48. The van der Waals surface area contributed by atoms with E-state index in [9.17, 15) is 14.7 Å². The minimum absolute atomic E-state index is 0.0566. The quantitative estimate of drug-likeness (QED) is 0.644. The highest BCUT2D eigenvalue weighted by molar-refractivity contribution is 6.43. The highest BCUT2D eigenvalue weighted by atomic mass is 16.3. The summed E-state index contributed by atoms with van der Waals surface area (Å²) in [6, 6.07) is 4.90. The van der Waals surface area contributed by atoms with E-state index < -0.39 is 11.7 Å². The van der Waals surface area contributed by atoms with Crippen molar-refractivity contribution in [2.45, 2.75) is 26.2 Å². The lowest BCUT2D eigenvalue weighted by molar-refractivity contribution is -0.124. The Morgan fingerprint density at radius 2 is 1.72 bits per heavy atom. The lowest BCUT2D eigenvalue weighted by Crippen LogP contribution is -2.30. The molecule has 0 heterocycles. The number of benzene rings is 1. The van der Waals surface area contributed by atoms with Crippen molar-refractivity contribution in [2.75, 3.05) is 14.1 Å². The van der Waals surface area contributed by atoms with E-state index in [-0.39, 0.29) is 16.7 Å². The summed E-state index contributed by atoms with van der Waals surface area (Å²) < 4.78 is 0. The Hall–Kier alpha value is -1.84. The van der Waals surface area contributed by atoms with Crippen LogP contribution in [0.1, 0.15) is 36.7 Å². The molecule has 18 heavy (non-hydrogen) atoms. The van der Waals surface area contributed by atoms with Crippen molar-refractivity contribution in [1.29, 1.82) is 0 Å². The summed E-state index contributed by atoms with van der Waals surface area (Å²) in [4.78, 5) is 24.8. The van der Waals surface area contributed by atoms with Crippen molar-refractivity contribution in [1.82, 2.24) is 4.90 Å². The van der Waals surface area contributed by atoms with Crippen LogP contribution in [-0.2, 0) is 10.2 Å². The predicted molar refractivity (Wildman–Crippen MR) is 69.8 cm³/mol. The first-order valence-corrected chi connectivity index (χ1v) is 5.74. The number of hydrogen-bond donors (Lipinski definition) is 1. The number of aromatic hydroxyl groups is 1. The number of nitrogens with zero attached hydrogens (tertiary/aromatic N) is 1. The molecule has 0 aromatic heterocycles. The van der Waals surface area contributed by atoms with Crippen molar-refractivity contribution in [3.8, 4) is 5.75 Å². The van der Waals surface area contributed by atoms with Gasteiger partial charge in [-0.05, 0) is 17.0 Å². The van der Waals surface area contributed by atoms with Crippen LogP contribution in [-0.4, -0.2) is 35.8 Å². The second-order valence-corrected chi connectivity index (χ2v) is 5.48. The molecule has 0 saturated carbocycles. The summed E-state index contributed by atoms with van der Waals surface area (Å²) >= 11 is 0. The highest BCUT2D eigenvalue weighted by Gasteiger charge is 2.26. The third-order valence-corrected chi connectivity index (χ3v) is 2.69. The third kappa shape index (κ3) is 2.70. The van der Waals surface area contributed by atoms with Gasteiger partial charge in [-0.2, -0.15) is 0 Å². The second kappa shape index (κ2) is 4.80. The Balaban J connectivity index is 3.28. The Morgan fingerprint density at radius 3 is 2.17 bits per heavy atom. The Morgan fingerprint density at radius 1 is 1.17 bits per heavy atom. The van der Waals surface area contributed by atoms with Gasteiger partial charge in [0.2, 0.25) is 0 Å². The molecule has 98 valence electrons. The Bertz CT molecular complexity index is 484. The zero-order valence-corrected chi connectivity index (χ0v) is 11.4. The number of amides is 1. The average Bonchev–Trinajstić information content (AvgIpc) is 2.25. The van der Waals surface area contributed by atoms with Crippen molar-refractivity contribution in [2.24, 2.45) is 0 Å². The van der Waals surface area contributed by atoms with Gasteiger partial charge < -0.3 is 10.0 Å². The zero-order valence-electron chi connectivity index (χ0n) is 11.4. The first-order chi connectivity index (χ1) is 8.16. The first-order valence-electron chi connectivity index (χ1n) is 5.74. The van der Waals surface area contributed by atoms with Crippen LogP contribution in [0.3, 0.4) is 0 Å². The number of phenolic OH excluding ortho intramolecular Hbond substituents is 1. The summed E-state index contributed by atoms with van der Waals surface area (Å²) in [6.07, 6.45) is 0. The fourth-order valence-corrected chi connectivity index (χ4v) is 1.65. The van der Waals surface area contributed by atoms with Gasteiger partial charge in [-0.3, -0.25) is 9.59 Å². The van der Waals surface area contributed by atoms with Crippen LogP contribution in [0.15, 0.2) is 18.2 Å². The van der Waals surface area contributed by atoms with Gasteiger partial charge >= 0.3 is 0 Å². The smallest absolute Gasteiger partial charge is 0.294 e. The molecule has 4 nitrogen and oxygen atoms in total. The topological polar surface area (TPSA) is 57.6 Å². The maximum atomic E-state index is 11.9. The SMILES string of the molecule is CN(C)C(=O)C(=O)c1cccc(C(C)(C)C)c1O. The summed E-state index contributed by atoms with van der Waals surface area (Å²) in [5.41, 5.74) is 0.419. The number of likely N-dealkylation sites (N-methyl/N-ethyl adjacent to an activating group) is 1. The van der Waals surface area contributed by atoms with Crippen molar-refractivity contribution in [3.05, 3.63) is 29.3 Å². The number of Topliss-reactive ketones (excluding diaryl/α,β-unsaturated/α-hetero) is 1. The van der Waals surface area contributed by atoms with Crippen molar-refractivity contribution in [3.63, 3.8) is 0 Å². The van der Waals surface area contributed by atoms with Gasteiger partial charge in [-0.25, -0.2) is 0 Å². The van der Waals surface area contributed by atoms with Gasteiger partial charge in [0.1, 0.15) is 5.75 Å². The minimum Gasteiger partial charge on any atom is -0.507 e. The number of rotatable bonds is 2. The molecular weight excluding hydrogens is 230 g/mol. The maximum Gasteiger partial charge on any atom is 0.294 e. The molecule has 0 aliphatic rings. The predicted octanol–water partition coefficient (Wildman–Crippen LogP) is 1.96. The number of phenols is 1. The van der Waals surface area contributed by atoms with Gasteiger partial charge in [0.25, 0.3) is 11.7 Å². The summed E-state index contributed by atoms with van der Waals surface area (Å²) in [7, 11) is 3.01. The summed E-state index contributed by atoms with van der Waals surface area (Å²) in [6.45, 7) is 5.80. The van der Waals surface area contributed by atoms with Crippen LogP contribution in [0.25, 0.3) is 0 Å². The number of hydrogen-bond acceptors (Lipinski definition) is 3. The van der Waals surface area contributed by atoms with Crippen LogP contribution in [0.5, 0.6) is 5.75 Å². The molecule has 0 saturated heterocycles. The third-order valence-electron chi connectivity index (χ3n) is 2.69. The standard InChI is InChI=1S/C14H19NO3/c1-14(2,3)10-8-6-7-9(11(10)16)12(17)13(18)15(4)5/h6-8,16H,1-5H3. The molecule has 1 amide bonds. The lowest BCUT2D eigenvalue weighted by Gasteiger charge is -2.21. The van der Waals surface area contributed by atoms with E-state index in [1.54, 1.807) is 12.1 Å². The lowest BCUT2D eigenvalue weighted by atomic mass is 9.84. The van der Waals surface area contributed by atoms with Gasteiger partial charge in [0.05, 0.1) is 5.56 Å². The molecular formula is C14H19NO3. The van der Waals surface area contributed by atoms with Gasteiger partial charge in [-0.1, -0.05) is 32.9 Å². The fraction of sp³-hybridized carbons (Fsp3) is 0.429. The fourth-order valence-electron chi connectivity index (χ4n) is 1.65. The summed E-state index contributed by atoms with van der Waals surface area (Å²) in [5.74, 6) is -1.44. The number of ketones is 1. The molecule has 0 aliphatic carbocycles. The van der Waals surface area contributed by atoms with Crippen LogP contribution in [0.4, 0.5) is 0 Å². The monoisotopic (exact) mass is 249 g/mol. The maximum absolute atomic E-state index is 11.9. The van der Waals surface area contributed by atoms with Crippen LogP contribution < -0.4 is 0 Å². The van der Waals surface area contributed by atoms with Crippen LogP contribution in [0.2, 0.25) is 0 Å². The number of carbonyl (C=O) groups is 2. The van der Waals surface area contributed by atoms with E-state index in [0.29, 0.717) is 5.56 Å². The van der Waals surface area contributed by atoms with Crippen molar-refractivity contribution >= 4 is 11.7 Å². The Kier molecular flexibility index (Phi) is 3.79. The van der Waals surface area contributed by atoms with E-state index in [2.05, 4.69) is 0 Å². The van der Waals surface area contributed by atoms with Gasteiger partial charge in [0.15, 0.2) is 0 Å². The molecule has 4 heteroatoms. The van der Waals surface area contributed by atoms with E-state index in [4.69, 9.17) is 0 Å². The summed E-state index contributed by atoms with van der Waals surface area (Å²) in [5, 5.41) is 10.1. The molecule has 0 bridgehead atoms. The van der Waals surface area contributed by atoms with E-state index in [1.165, 1.54) is 25.1 Å². The van der Waals surface area contributed by atoms with Crippen LogP contribution in [0, 0.1) is 0 Å². The molecule has 1 aromatic rings. The number of para-hydroxylation sites is 1. The molecule has 0 aliphatic heterocycles. The molecule has 0 atom stereocenters. The normalized spacial score (nSPS) is 11.2. The number of carbonyl (C=O) groups excluding carboxylic acids is 2. The van der Waals surface area contributed by atoms with Gasteiger partial charge in [-0.15, -0.1) is 0 Å². The largest absolute Gasteiger partial charge is 0.507 e. The molecule has 0 spiro atoms. The van der Waals surface area contributed by atoms with E-state index in [1.807, 2.05) is 20.8 Å². The van der Waals surface area contributed by atoms with Crippen molar-refractivity contribution < 1.29 is 14.7 Å².